The highest BCUT2D eigenvalue weighted by Gasteiger charge is 2.21. The molecule has 0 saturated heterocycles. The minimum absolute atomic E-state index is 0.451. The van der Waals surface area contributed by atoms with Crippen molar-refractivity contribution in [3.63, 3.8) is 0 Å². The van der Waals surface area contributed by atoms with Gasteiger partial charge in [-0.1, -0.05) is 15.9 Å². The number of aliphatic carboxylic acids is 1. The Kier molecular flexibility index (Phi) is 2.95. The average Bonchev–Trinajstić information content (AvgIpc) is 2.39. The Balaban J connectivity index is 2.29. The zero-order valence-corrected chi connectivity index (χ0v) is 9.75. The zero-order chi connectivity index (χ0) is 10.8. The van der Waals surface area contributed by atoms with Gasteiger partial charge in [0.25, 0.3) is 0 Å². The zero-order valence-electron chi connectivity index (χ0n) is 8.16. The molecule has 4 heteroatoms. The number of anilines is 1. The van der Waals surface area contributed by atoms with E-state index < -0.39 is 12.0 Å². The van der Waals surface area contributed by atoms with Gasteiger partial charge in [-0.25, -0.2) is 4.79 Å². The summed E-state index contributed by atoms with van der Waals surface area (Å²) in [5.41, 5.74) is 2.14. The minimum atomic E-state index is -0.772. The normalized spacial score (nSPS) is 19.9. The van der Waals surface area contributed by atoms with E-state index >= 15 is 0 Å². The van der Waals surface area contributed by atoms with Crippen molar-refractivity contribution in [3.05, 3.63) is 28.2 Å². The molecule has 1 aromatic carbocycles. The van der Waals surface area contributed by atoms with Gasteiger partial charge in [0, 0.05) is 10.2 Å². The number of carbonyl (C=O) groups is 1. The van der Waals surface area contributed by atoms with E-state index in [4.69, 9.17) is 5.11 Å². The van der Waals surface area contributed by atoms with E-state index in [9.17, 15) is 4.79 Å². The maximum atomic E-state index is 10.9. The summed E-state index contributed by atoms with van der Waals surface area (Å²) < 4.78 is 1.04. The van der Waals surface area contributed by atoms with Gasteiger partial charge < -0.3 is 10.4 Å². The number of carboxylic acids is 1. The van der Waals surface area contributed by atoms with Crippen molar-refractivity contribution >= 4 is 27.6 Å². The third kappa shape index (κ3) is 2.31. The first-order chi connectivity index (χ1) is 7.16. The van der Waals surface area contributed by atoms with Crippen LogP contribution in [0.25, 0.3) is 0 Å². The number of halogens is 1. The second-order valence-corrected chi connectivity index (χ2v) is 4.64. The molecule has 1 atom stereocenters. The fraction of sp³-hybridized carbons (Fsp3) is 0.364. The van der Waals surface area contributed by atoms with Gasteiger partial charge in [-0.05, 0) is 43.0 Å². The van der Waals surface area contributed by atoms with Gasteiger partial charge in [0.1, 0.15) is 6.04 Å². The molecule has 0 bridgehead atoms. The van der Waals surface area contributed by atoms with Gasteiger partial charge in [0.15, 0.2) is 0 Å². The monoisotopic (exact) mass is 269 g/mol. The van der Waals surface area contributed by atoms with Crippen LogP contribution in [0.2, 0.25) is 0 Å². The Morgan fingerprint density at radius 2 is 2.33 bits per heavy atom. The van der Waals surface area contributed by atoms with Crippen LogP contribution in [-0.2, 0) is 11.2 Å². The van der Waals surface area contributed by atoms with Crippen molar-refractivity contribution in [1.82, 2.24) is 0 Å². The number of fused-ring (bicyclic) bond motifs is 1. The molecule has 1 aromatic rings. The Labute approximate surface area is 96.6 Å². The SMILES string of the molecule is O=C(O)C1CCCc2cc(Br)ccc2N1. The Morgan fingerprint density at radius 3 is 3.07 bits per heavy atom. The largest absolute Gasteiger partial charge is 0.480 e. The first-order valence-electron chi connectivity index (χ1n) is 4.94. The molecule has 0 aliphatic carbocycles. The van der Waals surface area contributed by atoms with E-state index in [0.29, 0.717) is 6.42 Å². The standard InChI is InChI=1S/C11H12BrNO2/c12-8-4-5-9-7(6-8)2-1-3-10(13-9)11(14)15/h4-6,10,13H,1-3H2,(H,14,15). The van der Waals surface area contributed by atoms with Gasteiger partial charge in [0.2, 0.25) is 0 Å². The van der Waals surface area contributed by atoms with Crippen molar-refractivity contribution in [2.45, 2.75) is 25.3 Å². The summed E-state index contributed by atoms with van der Waals surface area (Å²) in [5, 5.41) is 12.0. The van der Waals surface area contributed by atoms with Crippen molar-refractivity contribution in [2.24, 2.45) is 0 Å². The summed E-state index contributed by atoms with van der Waals surface area (Å²) in [5.74, 6) is -0.772. The van der Waals surface area contributed by atoms with Crippen LogP contribution in [-0.4, -0.2) is 17.1 Å². The van der Waals surface area contributed by atoms with E-state index in [0.717, 1.165) is 23.0 Å². The quantitative estimate of drug-likeness (QED) is 0.824. The second kappa shape index (κ2) is 4.23. The maximum Gasteiger partial charge on any atom is 0.326 e. The molecule has 2 rings (SSSR count). The number of nitrogens with one attached hydrogen (secondary N) is 1. The Morgan fingerprint density at radius 1 is 1.53 bits per heavy atom. The highest BCUT2D eigenvalue weighted by Crippen LogP contribution is 2.26. The van der Waals surface area contributed by atoms with Crippen LogP contribution >= 0.6 is 15.9 Å². The molecule has 2 N–H and O–H groups in total. The predicted molar refractivity (Wildman–Crippen MR) is 62.1 cm³/mol. The average molecular weight is 270 g/mol. The summed E-state index contributed by atoms with van der Waals surface area (Å²) in [4.78, 5) is 10.9. The first kappa shape index (κ1) is 10.5. The third-order valence-electron chi connectivity index (χ3n) is 2.63. The highest BCUT2D eigenvalue weighted by molar-refractivity contribution is 9.10. The molecule has 0 radical (unpaired) electrons. The summed E-state index contributed by atoms with van der Waals surface area (Å²) >= 11 is 3.42. The molecule has 0 aromatic heterocycles. The van der Waals surface area contributed by atoms with Gasteiger partial charge in [-0.3, -0.25) is 0 Å². The second-order valence-electron chi connectivity index (χ2n) is 3.73. The van der Waals surface area contributed by atoms with E-state index in [1.54, 1.807) is 0 Å². The minimum Gasteiger partial charge on any atom is -0.480 e. The molecular formula is C11H12BrNO2. The molecule has 0 fully saturated rings. The topological polar surface area (TPSA) is 49.3 Å². The Bertz CT molecular complexity index is 392. The first-order valence-corrected chi connectivity index (χ1v) is 5.74. The molecule has 80 valence electrons. The highest BCUT2D eigenvalue weighted by atomic mass is 79.9. The molecule has 1 unspecified atom stereocenters. The van der Waals surface area contributed by atoms with Crippen molar-refractivity contribution in [3.8, 4) is 0 Å². The van der Waals surface area contributed by atoms with Crippen LogP contribution in [0, 0.1) is 0 Å². The molecule has 0 spiro atoms. The van der Waals surface area contributed by atoms with Crippen LogP contribution in [0.1, 0.15) is 18.4 Å². The lowest BCUT2D eigenvalue weighted by Gasteiger charge is -2.13. The lowest BCUT2D eigenvalue weighted by atomic mass is 10.1. The predicted octanol–water partition coefficient (Wildman–Crippen LogP) is 2.65. The Hall–Kier alpha value is -1.03. The fourth-order valence-corrected chi connectivity index (χ4v) is 2.26. The molecular weight excluding hydrogens is 258 g/mol. The lowest BCUT2D eigenvalue weighted by molar-refractivity contribution is -0.138. The van der Waals surface area contributed by atoms with E-state index in [1.165, 1.54) is 5.56 Å². The number of hydrogen-bond acceptors (Lipinski definition) is 2. The van der Waals surface area contributed by atoms with Crippen LogP contribution < -0.4 is 5.32 Å². The van der Waals surface area contributed by atoms with Gasteiger partial charge in [0.05, 0.1) is 0 Å². The van der Waals surface area contributed by atoms with Crippen LogP contribution in [0.3, 0.4) is 0 Å². The molecule has 0 amide bonds. The number of carboxylic acid groups (broad SMARTS) is 1. The smallest absolute Gasteiger partial charge is 0.326 e. The molecule has 1 aliphatic rings. The molecule has 0 saturated carbocycles. The van der Waals surface area contributed by atoms with Crippen molar-refractivity contribution in [1.29, 1.82) is 0 Å². The van der Waals surface area contributed by atoms with Crippen LogP contribution in [0.5, 0.6) is 0 Å². The van der Waals surface area contributed by atoms with Crippen LogP contribution in [0.15, 0.2) is 22.7 Å². The van der Waals surface area contributed by atoms with Gasteiger partial charge >= 0.3 is 5.97 Å². The van der Waals surface area contributed by atoms with Crippen LogP contribution in [0.4, 0.5) is 5.69 Å². The summed E-state index contributed by atoms with van der Waals surface area (Å²) in [6.07, 6.45) is 2.53. The number of aryl methyl sites for hydroxylation is 1. The van der Waals surface area contributed by atoms with E-state index in [2.05, 4.69) is 21.2 Å². The number of benzene rings is 1. The van der Waals surface area contributed by atoms with E-state index in [1.807, 2.05) is 18.2 Å². The number of hydrogen-bond donors (Lipinski definition) is 2. The molecule has 15 heavy (non-hydrogen) atoms. The van der Waals surface area contributed by atoms with Gasteiger partial charge in [-0.15, -0.1) is 0 Å². The summed E-state index contributed by atoms with van der Waals surface area (Å²) in [7, 11) is 0. The third-order valence-corrected chi connectivity index (χ3v) is 3.13. The fourth-order valence-electron chi connectivity index (χ4n) is 1.85. The van der Waals surface area contributed by atoms with E-state index in [-0.39, 0.29) is 0 Å². The number of rotatable bonds is 1. The molecule has 1 aliphatic heterocycles. The maximum absolute atomic E-state index is 10.9. The summed E-state index contributed by atoms with van der Waals surface area (Å²) in [6.45, 7) is 0. The van der Waals surface area contributed by atoms with Crippen molar-refractivity contribution in [2.75, 3.05) is 5.32 Å². The molecule has 3 nitrogen and oxygen atoms in total. The molecule has 1 heterocycles. The lowest BCUT2D eigenvalue weighted by Crippen LogP contribution is -2.28. The van der Waals surface area contributed by atoms with Gasteiger partial charge in [-0.2, -0.15) is 0 Å². The van der Waals surface area contributed by atoms with Crippen molar-refractivity contribution < 1.29 is 9.90 Å². The summed E-state index contributed by atoms with van der Waals surface area (Å²) in [6, 6.07) is 5.45.